The highest BCUT2D eigenvalue weighted by Gasteiger charge is 2.37. The van der Waals surface area contributed by atoms with E-state index in [1.54, 1.807) is 18.4 Å². The fourth-order valence-electron chi connectivity index (χ4n) is 3.20. The Hall–Kier alpha value is -0.250. The van der Waals surface area contributed by atoms with E-state index >= 15 is 0 Å². The Labute approximate surface area is 135 Å². The molecule has 22 heavy (non-hydrogen) atoms. The van der Waals surface area contributed by atoms with Crippen LogP contribution in [0.25, 0.3) is 0 Å². The zero-order valence-corrected chi connectivity index (χ0v) is 15.0. The number of nitrogens with zero attached hydrogens (tertiary/aromatic N) is 4. The van der Waals surface area contributed by atoms with Crippen molar-refractivity contribution in [2.75, 3.05) is 67.5 Å². The molecule has 0 spiro atoms. The molecule has 2 rings (SSSR count). The van der Waals surface area contributed by atoms with Crippen molar-refractivity contribution in [2.45, 2.75) is 25.0 Å². The summed E-state index contributed by atoms with van der Waals surface area (Å²) in [7, 11) is 4.02. The fraction of sp³-hybridized carbons (Fsp3) is 1.00. The van der Waals surface area contributed by atoms with Crippen LogP contribution in [-0.2, 0) is 14.9 Å². The van der Waals surface area contributed by atoms with Crippen LogP contribution < -0.4 is 0 Å². The van der Waals surface area contributed by atoms with E-state index in [2.05, 4.69) is 23.9 Å². The van der Waals surface area contributed by atoms with Crippen molar-refractivity contribution in [3.05, 3.63) is 0 Å². The molecule has 2 aliphatic rings. The lowest BCUT2D eigenvalue weighted by Gasteiger charge is -2.40. The summed E-state index contributed by atoms with van der Waals surface area (Å²) in [5.41, 5.74) is 0. The quantitative estimate of drug-likeness (QED) is 0.680. The molecule has 130 valence electrons. The molecular formula is C14H30N4O3S. The van der Waals surface area contributed by atoms with Gasteiger partial charge < -0.3 is 9.64 Å². The molecule has 0 aromatic carbocycles. The maximum Gasteiger partial charge on any atom is 0.281 e. The second-order valence-corrected chi connectivity index (χ2v) is 8.72. The van der Waals surface area contributed by atoms with Crippen molar-refractivity contribution in [3.63, 3.8) is 0 Å². The van der Waals surface area contributed by atoms with Crippen LogP contribution in [0.15, 0.2) is 0 Å². The predicted octanol–water partition coefficient (Wildman–Crippen LogP) is -0.480. The summed E-state index contributed by atoms with van der Waals surface area (Å²) in [6.07, 6.45) is 1.76. The number of fused-ring (bicyclic) bond motifs is 1. The van der Waals surface area contributed by atoms with Crippen LogP contribution >= 0.6 is 0 Å². The van der Waals surface area contributed by atoms with Gasteiger partial charge >= 0.3 is 0 Å². The lowest BCUT2D eigenvalue weighted by atomic mass is 10.0. The van der Waals surface area contributed by atoms with Gasteiger partial charge in [-0.3, -0.25) is 4.90 Å². The van der Waals surface area contributed by atoms with Crippen molar-refractivity contribution >= 4 is 10.2 Å². The van der Waals surface area contributed by atoms with Crippen LogP contribution in [0.1, 0.15) is 12.8 Å². The molecule has 7 nitrogen and oxygen atoms in total. The third kappa shape index (κ3) is 4.18. The molecule has 2 atom stereocenters. The zero-order valence-electron chi connectivity index (χ0n) is 14.2. The number of ether oxygens (including phenoxy) is 1. The van der Waals surface area contributed by atoms with Gasteiger partial charge in [0.25, 0.3) is 10.2 Å². The Morgan fingerprint density at radius 3 is 2.41 bits per heavy atom. The number of hydrogen-bond donors (Lipinski definition) is 0. The minimum absolute atomic E-state index is 0.151. The van der Waals surface area contributed by atoms with Gasteiger partial charge in [-0.2, -0.15) is 17.0 Å². The third-order valence-corrected chi connectivity index (χ3v) is 6.51. The van der Waals surface area contributed by atoms with E-state index in [4.69, 9.17) is 4.74 Å². The summed E-state index contributed by atoms with van der Waals surface area (Å²) in [4.78, 5) is 4.66. The van der Waals surface area contributed by atoms with Gasteiger partial charge in [-0.25, -0.2) is 0 Å². The molecule has 2 unspecified atom stereocenters. The lowest BCUT2D eigenvalue weighted by Crippen LogP contribution is -2.52. The van der Waals surface area contributed by atoms with E-state index in [1.807, 2.05) is 0 Å². The summed E-state index contributed by atoms with van der Waals surface area (Å²) in [5.74, 6) is 0. The number of rotatable bonds is 5. The molecule has 2 heterocycles. The lowest BCUT2D eigenvalue weighted by molar-refractivity contribution is -0.0723. The van der Waals surface area contributed by atoms with Gasteiger partial charge in [-0.15, -0.1) is 0 Å². The summed E-state index contributed by atoms with van der Waals surface area (Å²) in [6.45, 7) is 4.83. The molecule has 0 aromatic heterocycles. The molecule has 0 N–H and O–H groups in total. The number of likely N-dealkylation sites (N-methyl/N-ethyl adjacent to an activating group) is 1. The van der Waals surface area contributed by atoms with E-state index in [0.29, 0.717) is 19.1 Å². The first-order valence-corrected chi connectivity index (χ1v) is 9.40. The summed E-state index contributed by atoms with van der Waals surface area (Å²) in [5, 5.41) is 0. The first kappa shape index (κ1) is 18.1. The van der Waals surface area contributed by atoms with E-state index < -0.39 is 10.2 Å². The fourth-order valence-corrected chi connectivity index (χ4v) is 4.34. The van der Waals surface area contributed by atoms with Gasteiger partial charge in [0.2, 0.25) is 0 Å². The second kappa shape index (κ2) is 7.55. The van der Waals surface area contributed by atoms with Crippen molar-refractivity contribution < 1.29 is 13.2 Å². The van der Waals surface area contributed by atoms with Crippen molar-refractivity contribution in [2.24, 2.45) is 0 Å². The Kier molecular flexibility index (Phi) is 6.21. The molecule has 8 heteroatoms. The highest BCUT2D eigenvalue weighted by Crippen LogP contribution is 2.25. The molecular weight excluding hydrogens is 304 g/mol. The Balaban J connectivity index is 2.03. The Morgan fingerprint density at radius 1 is 1.09 bits per heavy atom. The van der Waals surface area contributed by atoms with Crippen molar-refractivity contribution in [1.82, 2.24) is 18.4 Å². The molecule has 0 amide bonds. The van der Waals surface area contributed by atoms with Gasteiger partial charge in [0.15, 0.2) is 0 Å². The monoisotopic (exact) mass is 334 g/mol. The Bertz CT molecular complexity index is 455. The minimum Gasteiger partial charge on any atom is -0.375 e. The second-order valence-electron chi connectivity index (χ2n) is 6.58. The molecule has 0 saturated carbocycles. The van der Waals surface area contributed by atoms with E-state index in [1.165, 1.54) is 4.31 Å². The maximum absolute atomic E-state index is 12.3. The standard InChI is InChI=1S/C14H30N4O3S/c1-15(2)9-10-17-11-12-21-14-6-8-18(7-5-13(14)17)22(19,20)16(3)4/h13-14H,5-12H2,1-4H3. The predicted molar refractivity (Wildman–Crippen MR) is 87.1 cm³/mol. The molecule has 0 bridgehead atoms. The highest BCUT2D eigenvalue weighted by atomic mass is 32.2. The van der Waals surface area contributed by atoms with E-state index in [0.717, 1.165) is 39.1 Å². The number of hydrogen-bond acceptors (Lipinski definition) is 5. The van der Waals surface area contributed by atoms with Crippen molar-refractivity contribution in [3.8, 4) is 0 Å². The molecule has 0 radical (unpaired) electrons. The Morgan fingerprint density at radius 2 is 1.77 bits per heavy atom. The molecule has 2 fully saturated rings. The summed E-state index contributed by atoms with van der Waals surface area (Å²) >= 11 is 0. The van der Waals surface area contributed by atoms with E-state index in [9.17, 15) is 8.42 Å². The third-order valence-electron chi connectivity index (χ3n) is 4.57. The van der Waals surface area contributed by atoms with Gasteiger partial charge in [0, 0.05) is 52.9 Å². The minimum atomic E-state index is -3.33. The molecule has 0 aliphatic carbocycles. The smallest absolute Gasteiger partial charge is 0.281 e. The van der Waals surface area contributed by atoms with Crippen LogP contribution in [-0.4, -0.2) is 106 Å². The van der Waals surface area contributed by atoms with Crippen LogP contribution in [0.5, 0.6) is 0 Å². The first-order valence-electron chi connectivity index (χ1n) is 8.00. The summed E-state index contributed by atoms with van der Waals surface area (Å²) < 4.78 is 33.5. The maximum atomic E-state index is 12.3. The summed E-state index contributed by atoms with van der Waals surface area (Å²) in [6, 6.07) is 0.330. The molecule has 0 aromatic rings. The molecule has 2 aliphatic heterocycles. The van der Waals surface area contributed by atoms with Crippen LogP contribution in [0.4, 0.5) is 0 Å². The van der Waals surface area contributed by atoms with Crippen LogP contribution in [0, 0.1) is 0 Å². The average Bonchev–Trinajstić information content (AvgIpc) is 2.67. The average molecular weight is 334 g/mol. The van der Waals surface area contributed by atoms with E-state index in [-0.39, 0.29) is 6.10 Å². The van der Waals surface area contributed by atoms with Gasteiger partial charge in [0.1, 0.15) is 0 Å². The van der Waals surface area contributed by atoms with Crippen LogP contribution in [0.3, 0.4) is 0 Å². The van der Waals surface area contributed by atoms with Gasteiger partial charge in [-0.05, 0) is 26.9 Å². The topological polar surface area (TPSA) is 56.3 Å². The number of morpholine rings is 1. The first-order chi connectivity index (χ1) is 10.3. The van der Waals surface area contributed by atoms with Crippen LogP contribution in [0.2, 0.25) is 0 Å². The highest BCUT2D eigenvalue weighted by molar-refractivity contribution is 7.86. The molecule has 2 saturated heterocycles. The van der Waals surface area contributed by atoms with Crippen molar-refractivity contribution in [1.29, 1.82) is 0 Å². The van der Waals surface area contributed by atoms with Gasteiger partial charge in [0.05, 0.1) is 12.7 Å². The zero-order chi connectivity index (χ0) is 16.3. The largest absolute Gasteiger partial charge is 0.375 e. The SMILES string of the molecule is CN(C)CCN1CCOC2CCN(S(=O)(=O)N(C)C)CCC21. The van der Waals surface area contributed by atoms with Gasteiger partial charge in [-0.1, -0.05) is 0 Å². The normalized spacial score (nSPS) is 28.8.